The molecule has 3 rings (SSSR count). The number of non-ortho nitro benzene ring substituents is 1. The summed E-state index contributed by atoms with van der Waals surface area (Å²) in [7, 11) is 0. The number of nitrogens with one attached hydrogen (secondary N) is 1. The molecule has 1 saturated heterocycles. The van der Waals surface area contributed by atoms with E-state index in [2.05, 4.69) is 10.3 Å². The van der Waals surface area contributed by atoms with Gasteiger partial charge in [-0.25, -0.2) is 4.98 Å². The van der Waals surface area contributed by atoms with Gasteiger partial charge in [-0.1, -0.05) is 12.1 Å². The lowest BCUT2D eigenvalue weighted by Gasteiger charge is -2.33. The predicted molar refractivity (Wildman–Crippen MR) is 87.6 cm³/mol. The summed E-state index contributed by atoms with van der Waals surface area (Å²) in [5.41, 5.74) is 1.06. The first kappa shape index (κ1) is 15.6. The molecule has 1 aliphatic rings. The predicted octanol–water partition coefficient (Wildman–Crippen LogP) is 2.15. The fraction of sp³-hybridized carbons (Fsp3) is 0.333. The van der Waals surface area contributed by atoms with E-state index in [1.54, 1.807) is 17.5 Å². The Labute approximate surface area is 137 Å². The van der Waals surface area contributed by atoms with Gasteiger partial charge in [0.25, 0.3) is 11.6 Å². The van der Waals surface area contributed by atoms with Crippen molar-refractivity contribution in [2.75, 3.05) is 19.6 Å². The van der Waals surface area contributed by atoms with Crippen molar-refractivity contribution in [2.24, 2.45) is 0 Å². The molecule has 1 atom stereocenters. The zero-order valence-electron chi connectivity index (χ0n) is 12.6. The summed E-state index contributed by atoms with van der Waals surface area (Å²) >= 11 is 1.32. The molecule has 7 nitrogen and oxygen atoms in total. The summed E-state index contributed by atoms with van der Waals surface area (Å²) in [4.78, 5) is 29.2. The first-order chi connectivity index (χ1) is 11.1. The van der Waals surface area contributed by atoms with Crippen LogP contribution in [-0.4, -0.2) is 46.4 Å². The lowest BCUT2D eigenvalue weighted by molar-refractivity contribution is -0.384. The number of thiazole rings is 1. The lowest BCUT2D eigenvalue weighted by Crippen LogP contribution is -2.52. The Kier molecular flexibility index (Phi) is 4.35. The van der Waals surface area contributed by atoms with Crippen LogP contribution in [0.15, 0.2) is 29.6 Å². The molecule has 1 aromatic carbocycles. The van der Waals surface area contributed by atoms with E-state index in [1.807, 2.05) is 11.8 Å². The first-order valence-corrected chi connectivity index (χ1v) is 8.16. The number of nitrogens with zero attached hydrogens (tertiary/aromatic N) is 3. The van der Waals surface area contributed by atoms with Crippen LogP contribution in [0.25, 0.3) is 10.6 Å². The highest BCUT2D eigenvalue weighted by atomic mass is 32.1. The molecule has 8 heteroatoms. The van der Waals surface area contributed by atoms with Crippen molar-refractivity contribution in [3.8, 4) is 10.6 Å². The molecule has 1 aromatic heterocycles. The molecule has 2 heterocycles. The quantitative estimate of drug-likeness (QED) is 0.687. The number of amides is 1. The number of rotatable bonds is 3. The Hall–Kier alpha value is -2.32. The van der Waals surface area contributed by atoms with E-state index in [4.69, 9.17) is 0 Å². The van der Waals surface area contributed by atoms with E-state index < -0.39 is 4.92 Å². The number of aromatic nitrogens is 1. The minimum absolute atomic E-state index is 0.0151. The Morgan fingerprint density at radius 1 is 1.52 bits per heavy atom. The van der Waals surface area contributed by atoms with E-state index in [1.165, 1.54) is 23.5 Å². The largest absolute Gasteiger partial charge is 0.332 e. The van der Waals surface area contributed by atoms with Crippen LogP contribution in [0.3, 0.4) is 0 Å². The zero-order valence-corrected chi connectivity index (χ0v) is 13.4. The molecule has 23 heavy (non-hydrogen) atoms. The average molecular weight is 332 g/mol. The molecule has 1 fully saturated rings. The van der Waals surface area contributed by atoms with E-state index in [0.29, 0.717) is 22.8 Å². The Morgan fingerprint density at radius 2 is 2.35 bits per heavy atom. The number of nitro benzene ring substituents is 1. The Bertz CT molecular complexity index is 746. The Balaban J connectivity index is 1.84. The molecule has 0 bridgehead atoms. The molecular formula is C15H16N4O3S. The molecule has 1 unspecified atom stereocenters. The van der Waals surface area contributed by atoms with Gasteiger partial charge in [0.15, 0.2) is 0 Å². The summed E-state index contributed by atoms with van der Waals surface area (Å²) < 4.78 is 0. The second-order valence-corrected chi connectivity index (χ2v) is 6.26. The molecule has 0 saturated carbocycles. The summed E-state index contributed by atoms with van der Waals surface area (Å²) in [6.45, 7) is 4.20. The summed E-state index contributed by atoms with van der Waals surface area (Å²) in [5.74, 6) is -0.0908. The molecule has 1 amide bonds. The van der Waals surface area contributed by atoms with Crippen LogP contribution in [0.4, 0.5) is 5.69 Å². The van der Waals surface area contributed by atoms with Crippen molar-refractivity contribution in [3.63, 3.8) is 0 Å². The van der Waals surface area contributed by atoms with Gasteiger partial charge in [-0.2, -0.15) is 0 Å². The highest BCUT2D eigenvalue weighted by Crippen LogP contribution is 2.27. The third-order valence-electron chi connectivity index (χ3n) is 3.79. The van der Waals surface area contributed by atoms with Crippen molar-refractivity contribution >= 4 is 22.9 Å². The Morgan fingerprint density at radius 3 is 3.09 bits per heavy atom. The van der Waals surface area contributed by atoms with Gasteiger partial charge < -0.3 is 10.2 Å². The van der Waals surface area contributed by atoms with Crippen LogP contribution >= 0.6 is 11.3 Å². The van der Waals surface area contributed by atoms with Gasteiger partial charge in [-0.15, -0.1) is 11.3 Å². The van der Waals surface area contributed by atoms with Gasteiger partial charge in [0, 0.05) is 48.8 Å². The lowest BCUT2D eigenvalue weighted by atomic mass is 10.2. The monoisotopic (exact) mass is 332 g/mol. The van der Waals surface area contributed by atoms with Gasteiger partial charge in [0.05, 0.1) is 4.92 Å². The number of carbonyl (C=O) groups is 1. The van der Waals surface area contributed by atoms with E-state index in [0.717, 1.165) is 13.1 Å². The summed E-state index contributed by atoms with van der Waals surface area (Å²) in [6.07, 6.45) is 0. The van der Waals surface area contributed by atoms with Gasteiger partial charge in [-0.05, 0) is 6.92 Å². The smallest absolute Gasteiger partial charge is 0.273 e. The number of carbonyl (C=O) groups excluding carboxylic acids is 1. The SMILES string of the molecule is CC1CNCCN1C(=O)c1csc(-c2cccc([N+](=O)[O-])c2)n1. The highest BCUT2D eigenvalue weighted by Gasteiger charge is 2.26. The molecule has 1 N–H and O–H groups in total. The maximum absolute atomic E-state index is 12.6. The number of piperazine rings is 1. The second-order valence-electron chi connectivity index (χ2n) is 5.40. The second kappa shape index (κ2) is 6.43. The van der Waals surface area contributed by atoms with Gasteiger partial charge >= 0.3 is 0 Å². The van der Waals surface area contributed by atoms with Crippen molar-refractivity contribution in [1.29, 1.82) is 0 Å². The standard InChI is InChI=1S/C15H16N4O3S/c1-10-8-16-5-6-18(10)15(20)13-9-23-14(17-13)11-3-2-4-12(7-11)19(21)22/h2-4,7,9-10,16H,5-6,8H2,1H3. The van der Waals surface area contributed by atoms with Crippen molar-refractivity contribution in [2.45, 2.75) is 13.0 Å². The first-order valence-electron chi connectivity index (χ1n) is 7.28. The number of benzene rings is 1. The van der Waals surface area contributed by atoms with Crippen LogP contribution < -0.4 is 5.32 Å². The van der Waals surface area contributed by atoms with Crippen LogP contribution in [-0.2, 0) is 0 Å². The summed E-state index contributed by atoms with van der Waals surface area (Å²) in [6, 6.07) is 6.41. The zero-order chi connectivity index (χ0) is 16.4. The average Bonchev–Trinajstić information content (AvgIpc) is 3.05. The van der Waals surface area contributed by atoms with E-state index in [-0.39, 0.29) is 17.6 Å². The third kappa shape index (κ3) is 3.22. The normalized spacial score (nSPS) is 18.0. The fourth-order valence-corrected chi connectivity index (χ4v) is 3.34. The minimum Gasteiger partial charge on any atom is -0.332 e. The van der Waals surface area contributed by atoms with Crippen LogP contribution in [0.1, 0.15) is 17.4 Å². The number of hydrogen-bond donors (Lipinski definition) is 1. The molecular weight excluding hydrogens is 316 g/mol. The third-order valence-corrected chi connectivity index (χ3v) is 4.68. The van der Waals surface area contributed by atoms with Crippen molar-refractivity contribution in [3.05, 3.63) is 45.5 Å². The van der Waals surface area contributed by atoms with E-state index in [9.17, 15) is 14.9 Å². The molecule has 0 aliphatic carbocycles. The van der Waals surface area contributed by atoms with Crippen LogP contribution in [0.5, 0.6) is 0 Å². The molecule has 0 radical (unpaired) electrons. The van der Waals surface area contributed by atoms with Gasteiger partial charge in [-0.3, -0.25) is 14.9 Å². The van der Waals surface area contributed by atoms with Crippen molar-refractivity contribution < 1.29 is 9.72 Å². The maximum atomic E-state index is 12.6. The summed E-state index contributed by atoms with van der Waals surface area (Å²) in [5, 5.41) is 16.4. The van der Waals surface area contributed by atoms with Gasteiger partial charge in [0.2, 0.25) is 0 Å². The van der Waals surface area contributed by atoms with E-state index >= 15 is 0 Å². The van der Waals surface area contributed by atoms with Crippen LogP contribution in [0, 0.1) is 10.1 Å². The fourth-order valence-electron chi connectivity index (χ4n) is 2.55. The molecule has 2 aromatic rings. The molecule has 1 aliphatic heterocycles. The highest BCUT2D eigenvalue weighted by molar-refractivity contribution is 7.13. The topological polar surface area (TPSA) is 88.4 Å². The molecule has 120 valence electrons. The van der Waals surface area contributed by atoms with Gasteiger partial charge in [0.1, 0.15) is 10.7 Å². The number of nitro groups is 1. The minimum atomic E-state index is -0.439. The number of hydrogen-bond acceptors (Lipinski definition) is 6. The maximum Gasteiger partial charge on any atom is 0.273 e. The van der Waals surface area contributed by atoms with Crippen molar-refractivity contribution in [1.82, 2.24) is 15.2 Å². The molecule has 0 spiro atoms. The van der Waals surface area contributed by atoms with Crippen LogP contribution in [0.2, 0.25) is 0 Å².